The first-order valence-corrected chi connectivity index (χ1v) is 8.61. The van der Waals surface area contributed by atoms with Crippen LogP contribution >= 0.6 is 0 Å². The smallest absolute Gasteiger partial charge is 0.325 e. The van der Waals surface area contributed by atoms with Gasteiger partial charge in [0.05, 0.1) is 12.5 Å². The summed E-state index contributed by atoms with van der Waals surface area (Å²) in [6.07, 6.45) is 4.82. The van der Waals surface area contributed by atoms with E-state index in [1.54, 1.807) is 7.11 Å². The van der Waals surface area contributed by atoms with E-state index in [1.165, 1.54) is 13.3 Å². The number of carboxylic acid groups (broad SMARTS) is 1. The summed E-state index contributed by atoms with van der Waals surface area (Å²) < 4.78 is 5.29. The van der Waals surface area contributed by atoms with Crippen LogP contribution in [-0.2, 0) is 16.0 Å². The Balaban J connectivity index is 1.86. The number of aliphatic carboxylic acids is 1. The lowest BCUT2D eigenvalue weighted by atomic mass is 9.68. The second kappa shape index (κ2) is 6.46. The van der Waals surface area contributed by atoms with Crippen LogP contribution in [-0.4, -0.2) is 30.1 Å². The predicted octanol–water partition coefficient (Wildman–Crippen LogP) is 2.63. The molecule has 1 aromatic rings. The van der Waals surface area contributed by atoms with Crippen molar-refractivity contribution in [2.24, 2.45) is 17.3 Å². The molecular formula is C19H25NO4. The predicted molar refractivity (Wildman–Crippen MR) is 89.8 cm³/mol. The number of rotatable bonds is 6. The van der Waals surface area contributed by atoms with E-state index in [9.17, 15) is 9.59 Å². The summed E-state index contributed by atoms with van der Waals surface area (Å²) in [6.45, 7) is 1.52. The number of fused-ring (bicyclic) bond motifs is 2. The molecule has 4 atom stereocenters. The zero-order valence-corrected chi connectivity index (χ0v) is 14.2. The van der Waals surface area contributed by atoms with Crippen LogP contribution in [0.25, 0.3) is 0 Å². The van der Waals surface area contributed by atoms with Crippen LogP contribution in [0, 0.1) is 17.3 Å². The van der Waals surface area contributed by atoms with Gasteiger partial charge in [0.25, 0.3) is 0 Å². The van der Waals surface area contributed by atoms with Crippen LogP contribution in [0.4, 0.5) is 0 Å². The zero-order chi connectivity index (χ0) is 17.3. The molecule has 130 valence electrons. The summed E-state index contributed by atoms with van der Waals surface area (Å²) in [6, 6.07) is 6.96. The summed E-state index contributed by atoms with van der Waals surface area (Å²) in [5.41, 5.74) is 0.582. The highest BCUT2D eigenvalue weighted by Crippen LogP contribution is 2.57. The average Bonchev–Trinajstić information content (AvgIpc) is 3.16. The Labute approximate surface area is 142 Å². The molecule has 0 saturated heterocycles. The van der Waals surface area contributed by atoms with Gasteiger partial charge in [0.1, 0.15) is 11.8 Å². The van der Waals surface area contributed by atoms with E-state index in [1.807, 2.05) is 24.3 Å². The van der Waals surface area contributed by atoms with Crippen molar-refractivity contribution in [1.82, 2.24) is 5.32 Å². The molecule has 2 fully saturated rings. The van der Waals surface area contributed by atoms with Crippen molar-refractivity contribution in [3.63, 3.8) is 0 Å². The van der Waals surface area contributed by atoms with Crippen LogP contribution in [0.5, 0.6) is 5.75 Å². The Bertz CT molecular complexity index is 644. The molecule has 0 spiro atoms. The molecule has 5 nitrogen and oxygen atoms in total. The SMILES string of the molecule is COc1cccc(CC2(C(=O)NC(C)C(=O)O)CC3CCC2C3)c1. The molecule has 4 unspecified atom stereocenters. The van der Waals surface area contributed by atoms with Crippen molar-refractivity contribution < 1.29 is 19.4 Å². The fraction of sp³-hybridized carbons (Fsp3) is 0.579. The van der Waals surface area contributed by atoms with Gasteiger partial charge in [-0.25, -0.2) is 0 Å². The first-order chi connectivity index (χ1) is 11.4. The minimum atomic E-state index is -0.997. The molecule has 0 aromatic heterocycles. The first kappa shape index (κ1) is 16.8. The molecule has 2 aliphatic carbocycles. The van der Waals surface area contributed by atoms with Gasteiger partial charge in [-0.2, -0.15) is 0 Å². The largest absolute Gasteiger partial charge is 0.497 e. The number of carbonyl (C=O) groups is 2. The van der Waals surface area contributed by atoms with Crippen molar-refractivity contribution in [2.75, 3.05) is 7.11 Å². The number of amides is 1. The van der Waals surface area contributed by atoms with Gasteiger partial charge >= 0.3 is 5.97 Å². The Hall–Kier alpha value is -2.04. The van der Waals surface area contributed by atoms with E-state index >= 15 is 0 Å². The van der Waals surface area contributed by atoms with Crippen LogP contribution in [0.1, 0.15) is 38.2 Å². The number of carbonyl (C=O) groups excluding carboxylic acids is 1. The molecule has 2 aliphatic rings. The molecule has 1 aromatic carbocycles. The average molecular weight is 331 g/mol. The summed E-state index contributed by atoms with van der Waals surface area (Å²) in [5.74, 6) is 0.613. The number of ether oxygens (including phenoxy) is 1. The molecule has 24 heavy (non-hydrogen) atoms. The van der Waals surface area contributed by atoms with Gasteiger partial charge in [0.15, 0.2) is 0 Å². The van der Waals surface area contributed by atoms with E-state index in [2.05, 4.69) is 5.32 Å². The van der Waals surface area contributed by atoms with Crippen molar-refractivity contribution in [3.8, 4) is 5.75 Å². The quantitative estimate of drug-likeness (QED) is 0.840. The third-order valence-electron chi connectivity index (χ3n) is 5.80. The van der Waals surface area contributed by atoms with Gasteiger partial charge in [-0.3, -0.25) is 9.59 Å². The molecular weight excluding hydrogens is 306 g/mol. The lowest BCUT2D eigenvalue weighted by Crippen LogP contribution is -2.50. The Morgan fingerprint density at radius 1 is 1.42 bits per heavy atom. The van der Waals surface area contributed by atoms with Gasteiger partial charge in [-0.1, -0.05) is 18.6 Å². The number of hydrogen-bond acceptors (Lipinski definition) is 3. The standard InChI is InChI=1S/C19H25NO4/c1-12(17(21)22)20-18(23)19(11-14-6-7-15(19)8-14)10-13-4-3-5-16(9-13)24-2/h3-5,9,12,14-15H,6-8,10-11H2,1-2H3,(H,20,23)(H,21,22). The van der Waals surface area contributed by atoms with Crippen LogP contribution < -0.4 is 10.1 Å². The van der Waals surface area contributed by atoms with E-state index in [4.69, 9.17) is 9.84 Å². The highest BCUT2D eigenvalue weighted by Gasteiger charge is 2.55. The molecule has 2 bridgehead atoms. The monoisotopic (exact) mass is 331 g/mol. The van der Waals surface area contributed by atoms with Gasteiger partial charge in [-0.05, 0) is 62.1 Å². The highest BCUT2D eigenvalue weighted by molar-refractivity contribution is 5.88. The fourth-order valence-electron chi connectivity index (χ4n) is 4.57. The zero-order valence-electron chi connectivity index (χ0n) is 14.2. The van der Waals surface area contributed by atoms with Crippen LogP contribution in [0.3, 0.4) is 0 Å². The van der Waals surface area contributed by atoms with E-state index in [-0.39, 0.29) is 5.91 Å². The van der Waals surface area contributed by atoms with Crippen LogP contribution in [0.15, 0.2) is 24.3 Å². The fourth-order valence-corrected chi connectivity index (χ4v) is 4.57. The van der Waals surface area contributed by atoms with Crippen molar-refractivity contribution in [3.05, 3.63) is 29.8 Å². The molecule has 1 amide bonds. The third kappa shape index (κ3) is 2.99. The maximum Gasteiger partial charge on any atom is 0.325 e. The minimum Gasteiger partial charge on any atom is -0.497 e. The van der Waals surface area contributed by atoms with Crippen LogP contribution in [0.2, 0.25) is 0 Å². The van der Waals surface area contributed by atoms with Crippen molar-refractivity contribution >= 4 is 11.9 Å². The molecule has 0 radical (unpaired) electrons. The highest BCUT2D eigenvalue weighted by atomic mass is 16.5. The first-order valence-electron chi connectivity index (χ1n) is 8.61. The second-order valence-corrected chi connectivity index (χ2v) is 7.30. The summed E-state index contributed by atoms with van der Waals surface area (Å²) in [4.78, 5) is 24.1. The maximum absolute atomic E-state index is 13.0. The number of carboxylic acids is 1. The molecule has 3 rings (SSSR count). The molecule has 2 N–H and O–H groups in total. The Morgan fingerprint density at radius 2 is 2.21 bits per heavy atom. The van der Waals surface area contributed by atoms with Crippen molar-refractivity contribution in [1.29, 1.82) is 0 Å². The van der Waals surface area contributed by atoms with Gasteiger partial charge in [-0.15, -0.1) is 0 Å². The van der Waals surface area contributed by atoms with Crippen molar-refractivity contribution in [2.45, 2.75) is 45.1 Å². The number of methoxy groups -OCH3 is 1. The number of benzene rings is 1. The topological polar surface area (TPSA) is 75.6 Å². The van der Waals surface area contributed by atoms with Gasteiger partial charge in [0, 0.05) is 0 Å². The Kier molecular flexibility index (Phi) is 4.52. The van der Waals surface area contributed by atoms with E-state index in [0.717, 1.165) is 30.6 Å². The molecule has 0 aliphatic heterocycles. The minimum absolute atomic E-state index is 0.104. The normalized spacial score (nSPS) is 29.2. The summed E-state index contributed by atoms with van der Waals surface area (Å²) >= 11 is 0. The second-order valence-electron chi connectivity index (χ2n) is 7.30. The van der Waals surface area contributed by atoms with Gasteiger partial charge in [0.2, 0.25) is 5.91 Å². The van der Waals surface area contributed by atoms with Gasteiger partial charge < -0.3 is 15.2 Å². The molecule has 5 heteroatoms. The third-order valence-corrected chi connectivity index (χ3v) is 5.80. The summed E-state index contributed by atoms with van der Waals surface area (Å²) in [5, 5.41) is 11.8. The lowest BCUT2D eigenvalue weighted by Gasteiger charge is -2.37. The summed E-state index contributed by atoms with van der Waals surface area (Å²) in [7, 11) is 1.63. The lowest BCUT2D eigenvalue weighted by molar-refractivity contribution is -0.144. The molecule has 0 heterocycles. The Morgan fingerprint density at radius 3 is 2.79 bits per heavy atom. The molecule has 2 saturated carbocycles. The number of hydrogen-bond donors (Lipinski definition) is 2. The number of nitrogens with one attached hydrogen (secondary N) is 1. The van der Waals surface area contributed by atoms with E-state index < -0.39 is 17.4 Å². The maximum atomic E-state index is 13.0. The van der Waals surface area contributed by atoms with E-state index in [0.29, 0.717) is 18.3 Å².